The third-order valence-electron chi connectivity index (χ3n) is 2.80. The van der Waals surface area contributed by atoms with E-state index in [0.717, 1.165) is 10.9 Å². The van der Waals surface area contributed by atoms with Gasteiger partial charge >= 0.3 is 0 Å². The monoisotopic (exact) mass is 409 g/mol. The summed E-state index contributed by atoms with van der Waals surface area (Å²) in [6.45, 7) is 6.84. The zero-order chi connectivity index (χ0) is 13.1. The topological polar surface area (TPSA) is 26.0 Å². The van der Waals surface area contributed by atoms with Crippen LogP contribution in [-0.2, 0) is 0 Å². The number of nitrogens with two attached hydrogens (primary N) is 1. The first-order valence-corrected chi connectivity index (χ1v) is 7.87. The number of rotatable bonds is 4. The number of hydrogen-bond acceptors (Lipinski definition) is 1. The summed E-state index contributed by atoms with van der Waals surface area (Å²) in [5.41, 5.74) is 7.93. The first-order valence-electron chi connectivity index (χ1n) is 6.00. The van der Waals surface area contributed by atoms with Crippen LogP contribution in [0.1, 0.15) is 51.6 Å². The van der Waals surface area contributed by atoms with E-state index in [1.165, 1.54) is 22.0 Å². The van der Waals surface area contributed by atoms with Gasteiger partial charge < -0.3 is 5.73 Å². The van der Waals surface area contributed by atoms with E-state index in [-0.39, 0.29) is 6.04 Å². The lowest BCUT2D eigenvalue weighted by molar-refractivity contribution is 0.353. The molecule has 0 bridgehead atoms. The first-order chi connectivity index (χ1) is 7.79. The normalized spacial score (nSPS) is 13.8. The second-order valence-corrected chi connectivity index (χ2v) is 7.80. The number of benzene rings is 1. The third-order valence-corrected chi connectivity index (χ3v) is 4.28. The molecule has 0 saturated heterocycles. The van der Waals surface area contributed by atoms with Gasteiger partial charge in [0.25, 0.3) is 0 Å². The molecule has 0 aliphatic rings. The summed E-state index contributed by atoms with van der Waals surface area (Å²) < 4.78 is 2.37. The highest BCUT2D eigenvalue weighted by Crippen LogP contribution is 2.28. The Bertz CT molecular complexity index is 371. The maximum Gasteiger partial charge on any atom is 0.0305 e. The molecule has 1 atom stereocenters. The van der Waals surface area contributed by atoms with Crippen molar-refractivity contribution in [2.75, 3.05) is 0 Å². The number of hydrogen-bond donors (Lipinski definition) is 1. The summed E-state index contributed by atoms with van der Waals surface area (Å²) in [6, 6.07) is 6.47. The van der Waals surface area contributed by atoms with E-state index >= 15 is 0 Å². The summed E-state index contributed by atoms with van der Waals surface area (Å²) in [5, 5.41) is 0. The van der Waals surface area contributed by atoms with Gasteiger partial charge in [0.1, 0.15) is 0 Å². The van der Waals surface area contributed by atoms with Crippen LogP contribution in [0.3, 0.4) is 0 Å². The lowest BCUT2D eigenvalue weighted by Gasteiger charge is -2.20. The van der Waals surface area contributed by atoms with E-state index in [2.05, 4.69) is 77.5 Å². The molecule has 0 heterocycles. The Hall–Kier alpha value is 0.390. The van der Waals surface area contributed by atoms with E-state index in [9.17, 15) is 0 Å². The van der Waals surface area contributed by atoms with Crippen molar-refractivity contribution in [2.24, 2.45) is 11.1 Å². The Morgan fingerprint density at radius 3 is 2.59 bits per heavy atom. The van der Waals surface area contributed by atoms with Crippen LogP contribution in [0.5, 0.6) is 0 Å². The lowest BCUT2D eigenvalue weighted by Crippen LogP contribution is -2.13. The van der Waals surface area contributed by atoms with Gasteiger partial charge in [-0.3, -0.25) is 0 Å². The Morgan fingerprint density at radius 1 is 1.35 bits per heavy atom. The first kappa shape index (κ1) is 15.4. The fourth-order valence-corrected chi connectivity index (χ4v) is 2.92. The SMILES string of the molecule is CC(C)(C)CCCC(N)c1cc(Br)ccc1I. The van der Waals surface area contributed by atoms with Gasteiger partial charge in [0.2, 0.25) is 0 Å². The standard InChI is InChI=1S/C14H21BrIN/c1-14(2,3)8-4-5-13(17)11-9-10(15)6-7-12(11)16/h6-7,9,13H,4-5,8,17H2,1-3H3. The molecule has 3 heteroatoms. The Kier molecular flexibility index (Phi) is 5.93. The van der Waals surface area contributed by atoms with Crippen molar-refractivity contribution < 1.29 is 0 Å². The average molecular weight is 410 g/mol. The van der Waals surface area contributed by atoms with E-state index < -0.39 is 0 Å². The number of halogens is 2. The van der Waals surface area contributed by atoms with Gasteiger partial charge in [-0.2, -0.15) is 0 Å². The summed E-state index contributed by atoms with van der Waals surface area (Å²) in [7, 11) is 0. The largest absolute Gasteiger partial charge is 0.324 e. The van der Waals surface area contributed by atoms with E-state index in [1.54, 1.807) is 0 Å². The molecule has 1 rings (SSSR count). The van der Waals surface area contributed by atoms with Crippen LogP contribution in [0.25, 0.3) is 0 Å². The molecule has 2 N–H and O–H groups in total. The fraction of sp³-hybridized carbons (Fsp3) is 0.571. The highest BCUT2D eigenvalue weighted by molar-refractivity contribution is 14.1. The maximum atomic E-state index is 6.27. The van der Waals surface area contributed by atoms with Crippen LogP contribution >= 0.6 is 38.5 Å². The van der Waals surface area contributed by atoms with Crippen LogP contribution in [0.2, 0.25) is 0 Å². The van der Waals surface area contributed by atoms with Crippen LogP contribution in [-0.4, -0.2) is 0 Å². The maximum absolute atomic E-state index is 6.27. The van der Waals surface area contributed by atoms with Crippen molar-refractivity contribution in [1.29, 1.82) is 0 Å². The molecule has 1 aromatic carbocycles. The van der Waals surface area contributed by atoms with Gasteiger partial charge in [-0.15, -0.1) is 0 Å². The minimum atomic E-state index is 0.154. The summed E-state index contributed by atoms with van der Waals surface area (Å²) in [5.74, 6) is 0. The van der Waals surface area contributed by atoms with Crippen molar-refractivity contribution in [3.63, 3.8) is 0 Å². The van der Waals surface area contributed by atoms with Crippen molar-refractivity contribution in [3.05, 3.63) is 31.8 Å². The van der Waals surface area contributed by atoms with E-state index in [0.29, 0.717) is 5.41 Å². The molecule has 0 amide bonds. The van der Waals surface area contributed by atoms with Crippen LogP contribution in [0.15, 0.2) is 22.7 Å². The van der Waals surface area contributed by atoms with Crippen molar-refractivity contribution in [3.8, 4) is 0 Å². The molecule has 1 aromatic rings. The molecule has 0 fully saturated rings. The third kappa shape index (κ3) is 5.71. The summed E-state index contributed by atoms with van der Waals surface area (Å²) in [6.07, 6.45) is 3.47. The van der Waals surface area contributed by atoms with E-state index in [1.807, 2.05) is 0 Å². The zero-order valence-corrected chi connectivity index (χ0v) is 14.5. The minimum absolute atomic E-state index is 0.154. The van der Waals surface area contributed by atoms with E-state index in [4.69, 9.17) is 5.73 Å². The van der Waals surface area contributed by atoms with Gasteiger partial charge in [0, 0.05) is 14.1 Å². The highest BCUT2D eigenvalue weighted by Gasteiger charge is 2.13. The van der Waals surface area contributed by atoms with Gasteiger partial charge in [-0.1, -0.05) is 43.1 Å². The lowest BCUT2D eigenvalue weighted by atomic mass is 9.88. The molecular formula is C14H21BrIN. The molecule has 0 saturated carbocycles. The molecule has 0 aliphatic carbocycles. The van der Waals surface area contributed by atoms with Crippen molar-refractivity contribution in [2.45, 2.75) is 46.1 Å². The molecule has 96 valence electrons. The molecule has 0 spiro atoms. The van der Waals surface area contributed by atoms with Gasteiger partial charge in [0.05, 0.1) is 0 Å². The Morgan fingerprint density at radius 2 is 2.00 bits per heavy atom. The Balaban J connectivity index is 2.58. The molecule has 1 unspecified atom stereocenters. The van der Waals surface area contributed by atoms with Gasteiger partial charge in [-0.25, -0.2) is 0 Å². The molecule has 1 nitrogen and oxygen atoms in total. The molecule has 0 aromatic heterocycles. The van der Waals surface area contributed by atoms with Crippen molar-refractivity contribution >= 4 is 38.5 Å². The second-order valence-electron chi connectivity index (χ2n) is 5.73. The van der Waals surface area contributed by atoms with Crippen molar-refractivity contribution in [1.82, 2.24) is 0 Å². The van der Waals surface area contributed by atoms with Crippen LogP contribution in [0, 0.1) is 8.99 Å². The quantitative estimate of drug-likeness (QED) is 0.673. The van der Waals surface area contributed by atoms with Gasteiger partial charge in [-0.05, 0) is 64.6 Å². The highest BCUT2D eigenvalue weighted by atomic mass is 127. The van der Waals surface area contributed by atoms with Crippen LogP contribution in [0.4, 0.5) is 0 Å². The fourth-order valence-electron chi connectivity index (χ4n) is 1.81. The smallest absolute Gasteiger partial charge is 0.0305 e. The average Bonchev–Trinajstić information content (AvgIpc) is 2.19. The van der Waals surface area contributed by atoms with Crippen LogP contribution < -0.4 is 5.73 Å². The molecular weight excluding hydrogens is 389 g/mol. The summed E-state index contributed by atoms with van der Waals surface area (Å²) in [4.78, 5) is 0. The zero-order valence-electron chi connectivity index (χ0n) is 10.8. The second kappa shape index (κ2) is 6.53. The molecule has 0 aliphatic heterocycles. The molecule has 17 heavy (non-hydrogen) atoms. The Labute approximate surface area is 127 Å². The predicted octanol–water partition coefficient (Wildman–Crippen LogP) is 5.27. The summed E-state index contributed by atoms with van der Waals surface area (Å²) >= 11 is 5.86. The minimum Gasteiger partial charge on any atom is -0.324 e. The van der Waals surface area contributed by atoms with Gasteiger partial charge in [0.15, 0.2) is 0 Å². The molecule has 0 radical (unpaired) electrons. The predicted molar refractivity (Wildman–Crippen MR) is 87.1 cm³/mol.